The number of benzene rings is 2. The Bertz CT molecular complexity index is 576. The molecule has 0 aromatic heterocycles. The summed E-state index contributed by atoms with van der Waals surface area (Å²) in [6.07, 6.45) is 0.770. The van der Waals surface area contributed by atoms with Crippen molar-refractivity contribution in [1.29, 1.82) is 0 Å². The Morgan fingerprint density at radius 3 is 1.31 bits per heavy atom. The maximum absolute atomic E-state index is 10.2. The number of hydrogen-bond donors (Lipinski definition) is 4. The number of carboxylic acids is 2. The first-order valence-corrected chi connectivity index (χ1v) is 8.22. The van der Waals surface area contributed by atoms with Crippen LogP contribution in [0.1, 0.15) is 47.4 Å². The number of carboxylic acid groups (broad SMARTS) is 2. The number of rotatable bonds is 5. The van der Waals surface area contributed by atoms with E-state index in [1.807, 2.05) is 13.8 Å². The van der Waals surface area contributed by atoms with E-state index >= 15 is 0 Å². The molecule has 1 unspecified atom stereocenters. The highest BCUT2D eigenvalue weighted by atomic mass is 16.5. The lowest BCUT2D eigenvalue weighted by atomic mass is 10.1. The first-order valence-electron chi connectivity index (χ1n) is 8.22. The third-order valence-electron chi connectivity index (χ3n) is 3.29. The first kappa shape index (κ1) is 23.3. The summed E-state index contributed by atoms with van der Waals surface area (Å²) in [6.45, 7) is 3.85. The summed E-state index contributed by atoms with van der Waals surface area (Å²) < 4.78 is 0. The van der Waals surface area contributed by atoms with Crippen LogP contribution in [0.5, 0.6) is 0 Å². The van der Waals surface area contributed by atoms with Crippen molar-refractivity contribution in [3.05, 3.63) is 71.8 Å². The Labute approximate surface area is 153 Å². The Balaban J connectivity index is 0.000000362. The van der Waals surface area contributed by atoms with E-state index in [9.17, 15) is 9.59 Å². The topological polar surface area (TPSA) is 115 Å². The molecule has 0 bridgehead atoms. The van der Waals surface area contributed by atoms with Crippen LogP contribution in [0.4, 0.5) is 0 Å². The lowest BCUT2D eigenvalue weighted by Gasteiger charge is -2.10. The second-order valence-electron chi connectivity index (χ2n) is 5.52. The molecule has 2 rings (SSSR count). The molecule has 26 heavy (non-hydrogen) atoms. The zero-order valence-corrected chi connectivity index (χ0v) is 14.9. The first-order chi connectivity index (χ1) is 12.3. The minimum Gasteiger partial charge on any atom is -0.478 e. The van der Waals surface area contributed by atoms with Crippen LogP contribution in [0.3, 0.4) is 0 Å². The highest BCUT2D eigenvalue weighted by Crippen LogP contribution is 2.07. The normalized spacial score (nSPS) is 10.7. The lowest BCUT2D eigenvalue weighted by Crippen LogP contribution is -2.15. The van der Waals surface area contributed by atoms with Crippen molar-refractivity contribution in [3.63, 3.8) is 0 Å². The van der Waals surface area contributed by atoms with Crippen LogP contribution in [0.25, 0.3) is 0 Å². The summed E-state index contributed by atoms with van der Waals surface area (Å²) in [5.74, 6) is -1.73. The molecule has 2 aromatic carbocycles. The van der Waals surface area contributed by atoms with Crippen molar-refractivity contribution < 1.29 is 30.0 Å². The molecule has 0 fully saturated rings. The number of aromatic carboxylic acids is 2. The van der Waals surface area contributed by atoms with Crippen LogP contribution >= 0.6 is 0 Å². The monoisotopic (exact) mass is 362 g/mol. The minimum atomic E-state index is -1.13. The van der Waals surface area contributed by atoms with Gasteiger partial charge in [-0.25, -0.2) is 9.59 Å². The summed E-state index contributed by atoms with van der Waals surface area (Å²) in [7, 11) is 0. The summed E-state index contributed by atoms with van der Waals surface area (Å²) in [6, 6.07) is 16.6. The smallest absolute Gasteiger partial charge is 0.335 e. The van der Waals surface area contributed by atoms with Gasteiger partial charge in [-0.2, -0.15) is 0 Å². The molecule has 1 atom stereocenters. The van der Waals surface area contributed by atoms with Crippen molar-refractivity contribution in [2.45, 2.75) is 33.0 Å². The Hall–Kier alpha value is -2.70. The van der Waals surface area contributed by atoms with E-state index in [0.717, 1.165) is 12.8 Å². The summed E-state index contributed by atoms with van der Waals surface area (Å²) in [5.41, 5.74) is 0.662. The fraction of sp³-hybridized carbons (Fsp3) is 0.300. The van der Waals surface area contributed by atoms with Crippen molar-refractivity contribution in [2.75, 3.05) is 0 Å². The Morgan fingerprint density at radius 2 is 1.15 bits per heavy atom. The highest BCUT2D eigenvalue weighted by Gasteiger charge is 2.07. The van der Waals surface area contributed by atoms with Gasteiger partial charge in [-0.3, -0.25) is 0 Å². The summed E-state index contributed by atoms with van der Waals surface area (Å²) >= 11 is 0. The van der Waals surface area contributed by atoms with E-state index in [1.54, 1.807) is 60.7 Å². The molecule has 0 amide bonds. The largest absolute Gasteiger partial charge is 0.478 e. The number of aliphatic hydroxyl groups excluding tert-OH is 1. The second-order valence-corrected chi connectivity index (χ2v) is 5.52. The molecular formula is C20H26O6. The third-order valence-corrected chi connectivity index (χ3v) is 3.29. The van der Waals surface area contributed by atoms with E-state index < -0.39 is 18.2 Å². The Morgan fingerprint density at radius 1 is 0.808 bits per heavy atom. The van der Waals surface area contributed by atoms with Gasteiger partial charge < -0.3 is 20.4 Å². The molecule has 142 valence electrons. The van der Waals surface area contributed by atoms with Gasteiger partial charge in [0, 0.05) is 5.92 Å². The zero-order valence-electron chi connectivity index (χ0n) is 14.9. The summed E-state index contributed by atoms with van der Waals surface area (Å²) in [4.78, 5) is 20.4. The highest BCUT2D eigenvalue weighted by molar-refractivity contribution is 5.87. The third kappa shape index (κ3) is 11.0. The molecule has 0 spiro atoms. The van der Waals surface area contributed by atoms with Crippen LogP contribution in [-0.4, -0.2) is 38.7 Å². The maximum Gasteiger partial charge on any atom is 0.335 e. The quantitative estimate of drug-likeness (QED) is 0.605. The average molecular weight is 362 g/mol. The molecule has 0 aliphatic carbocycles. The molecule has 0 saturated heterocycles. The molecular weight excluding hydrogens is 336 g/mol. The van der Waals surface area contributed by atoms with Gasteiger partial charge in [-0.1, -0.05) is 56.7 Å². The predicted octanol–water partition coefficient (Wildman–Crippen LogP) is 3.50. The van der Waals surface area contributed by atoms with Crippen molar-refractivity contribution >= 4 is 11.9 Å². The van der Waals surface area contributed by atoms with E-state index in [4.69, 9.17) is 20.4 Å². The van der Waals surface area contributed by atoms with E-state index in [1.165, 1.54) is 0 Å². The molecule has 6 nitrogen and oxygen atoms in total. The standard InChI is InChI=1S/2C7H6O2.C6H14O2/c2*8-7(9)6-4-2-1-3-5-6;1-3-4-5(2)6(7)8/h2*1-5H,(H,8,9);5-8H,3-4H2,1-2H3. The van der Waals surface area contributed by atoms with E-state index in [0.29, 0.717) is 11.1 Å². The lowest BCUT2D eigenvalue weighted by molar-refractivity contribution is -0.0804. The van der Waals surface area contributed by atoms with Crippen molar-refractivity contribution in [3.8, 4) is 0 Å². The van der Waals surface area contributed by atoms with Crippen LogP contribution in [-0.2, 0) is 0 Å². The summed E-state index contributed by atoms with van der Waals surface area (Å²) in [5, 5.41) is 33.8. The molecule has 0 aliphatic rings. The van der Waals surface area contributed by atoms with Crippen LogP contribution in [0, 0.1) is 5.92 Å². The van der Waals surface area contributed by atoms with Gasteiger partial charge in [0.05, 0.1) is 11.1 Å². The number of hydrogen-bond acceptors (Lipinski definition) is 4. The fourth-order valence-corrected chi connectivity index (χ4v) is 1.77. The van der Waals surface area contributed by atoms with Gasteiger partial charge >= 0.3 is 11.9 Å². The van der Waals surface area contributed by atoms with Gasteiger partial charge in [0.15, 0.2) is 6.29 Å². The van der Waals surface area contributed by atoms with Crippen LogP contribution < -0.4 is 0 Å². The minimum absolute atomic E-state index is 0.0278. The maximum atomic E-state index is 10.2. The SMILES string of the molecule is CCCC(C)C(O)O.O=C(O)c1ccccc1.O=C(O)c1ccccc1. The van der Waals surface area contributed by atoms with E-state index in [-0.39, 0.29) is 5.92 Å². The van der Waals surface area contributed by atoms with Gasteiger partial charge in [0.1, 0.15) is 0 Å². The Kier molecular flexibility index (Phi) is 12.2. The molecule has 0 saturated carbocycles. The predicted molar refractivity (Wildman–Crippen MR) is 99.1 cm³/mol. The molecule has 0 radical (unpaired) electrons. The van der Waals surface area contributed by atoms with Crippen LogP contribution in [0.15, 0.2) is 60.7 Å². The van der Waals surface area contributed by atoms with Gasteiger partial charge in [0.2, 0.25) is 0 Å². The van der Waals surface area contributed by atoms with Crippen LogP contribution in [0.2, 0.25) is 0 Å². The fourth-order valence-electron chi connectivity index (χ4n) is 1.77. The second kappa shape index (κ2) is 13.6. The van der Waals surface area contributed by atoms with Gasteiger partial charge in [0.25, 0.3) is 0 Å². The van der Waals surface area contributed by atoms with E-state index in [2.05, 4.69) is 0 Å². The molecule has 2 aromatic rings. The average Bonchev–Trinajstić information content (AvgIpc) is 2.64. The zero-order chi connectivity index (χ0) is 19.9. The molecule has 0 aliphatic heterocycles. The van der Waals surface area contributed by atoms with Gasteiger partial charge in [-0.15, -0.1) is 0 Å². The van der Waals surface area contributed by atoms with Gasteiger partial charge in [-0.05, 0) is 30.7 Å². The van der Waals surface area contributed by atoms with Crippen molar-refractivity contribution in [1.82, 2.24) is 0 Å². The van der Waals surface area contributed by atoms with Crippen molar-refractivity contribution in [2.24, 2.45) is 5.92 Å². The molecule has 4 N–H and O–H groups in total. The molecule has 0 heterocycles. The number of carbonyl (C=O) groups is 2. The molecule has 6 heteroatoms. The number of aliphatic hydroxyl groups is 2.